The van der Waals surface area contributed by atoms with Gasteiger partial charge in [-0.1, -0.05) is 38.1 Å². The van der Waals surface area contributed by atoms with E-state index in [1.54, 1.807) is 0 Å². The molecule has 1 unspecified atom stereocenters. The molecular formula is C30H34N4O. The number of pyridine rings is 1. The number of Topliss-reactive ketones (excluding diaryl/α,β-unsaturated/α-hetero) is 1. The molecule has 4 aliphatic rings. The predicted octanol–water partition coefficient (Wildman–Crippen LogP) is 4.71. The van der Waals surface area contributed by atoms with Gasteiger partial charge < -0.3 is 11.1 Å². The molecule has 1 aromatic carbocycles. The van der Waals surface area contributed by atoms with Crippen molar-refractivity contribution in [2.45, 2.75) is 39.0 Å². The van der Waals surface area contributed by atoms with E-state index in [9.17, 15) is 4.79 Å². The molecule has 5 atom stereocenters. The Labute approximate surface area is 207 Å². The summed E-state index contributed by atoms with van der Waals surface area (Å²) in [5.41, 5.74) is 11.6. The van der Waals surface area contributed by atoms with Crippen molar-refractivity contribution in [2.24, 2.45) is 33.4 Å². The molecule has 35 heavy (non-hydrogen) atoms. The van der Waals surface area contributed by atoms with Crippen LogP contribution in [0.15, 0.2) is 76.7 Å². The van der Waals surface area contributed by atoms with Crippen LogP contribution >= 0.6 is 0 Å². The fraction of sp³-hybridized carbons (Fsp3) is 0.433. The van der Waals surface area contributed by atoms with E-state index in [2.05, 4.69) is 60.6 Å². The van der Waals surface area contributed by atoms with Gasteiger partial charge in [0.25, 0.3) is 0 Å². The molecule has 1 aliphatic heterocycles. The van der Waals surface area contributed by atoms with Crippen molar-refractivity contribution in [3.05, 3.63) is 77.3 Å². The zero-order chi connectivity index (χ0) is 24.4. The Morgan fingerprint density at radius 1 is 1.17 bits per heavy atom. The Balaban J connectivity index is 1.42. The molecule has 2 aromatic rings. The number of ketones is 1. The first-order chi connectivity index (χ1) is 16.8. The summed E-state index contributed by atoms with van der Waals surface area (Å²) in [5.74, 6) is 0.829. The number of fused-ring (bicyclic) bond motifs is 5. The highest BCUT2D eigenvalue weighted by Crippen LogP contribution is 2.66. The minimum atomic E-state index is -0.285. The third-order valence-electron chi connectivity index (χ3n) is 9.40. The van der Waals surface area contributed by atoms with Gasteiger partial charge in [0.15, 0.2) is 0 Å². The van der Waals surface area contributed by atoms with Crippen LogP contribution in [0.1, 0.15) is 44.6 Å². The first-order valence-corrected chi connectivity index (χ1v) is 12.8. The van der Waals surface area contributed by atoms with Gasteiger partial charge in [0, 0.05) is 59.1 Å². The number of nitrogens with one attached hydrogen (secondary N) is 1. The number of nitrogens with zero attached hydrogens (tertiary/aromatic N) is 2. The predicted molar refractivity (Wildman–Crippen MR) is 141 cm³/mol. The van der Waals surface area contributed by atoms with E-state index in [0.717, 1.165) is 52.7 Å². The summed E-state index contributed by atoms with van der Waals surface area (Å²) in [4.78, 5) is 23.2. The maximum atomic E-state index is 13.7. The van der Waals surface area contributed by atoms with Crippen LogP contribution in [0.4, 0.5) is 0 Å². The standard InChI is InChI=1S/C30H34N4O/c1-29-8-6-20-13-23-25(31)10-18(15-32-3)11-26(23)34-17-24(20)30(29,2)14-27(35)28(29)21-5-4-19-7-9-33-16-22(19)12-21/h4-9,12-13,16,18,24,28,32H,10-11,14-15,17,31H2,1-3H3/t18?,24-,28-,29+,30-/m0/s1. The maximum Gasteiger partial charge on any atom is 0.141 e. The van der Waals surface area contributed by atoms with Crippen LogP contribution < -0.4 is 11.1 Å². The second-order valence-corrected chi connectivity index (χ2v) is 11.3. The number of carbonyl (C=O) groups excluding carboxylic acids is 1. The van der Waals surface area contributed by atoms with Crippen LogP contribution in [0.2, 0.25) is 0 Å². The molecule has 0 bridgehead atoms. The van der Waals surface area contributed by atoms with E-state index >= 15 is 0 Å². The number of carbonyl (C=O) groups is 1. The van der Waals surface area contributed by atoms with Crippen molar-refractivity contribution in [3.8, 4) is 0 Å². The number of rotatable bonds is 3. The molecule has 3 N–H and O–H groups in total. The van der Waals surface area contributed by atoms with Crippen molar-refractivity contribution in [1.29, 1.82) is 0 Å². The molecule has 0 saturated heterocycles. The number of aliphatic imine (C=N–C) groups is 1. The van der Waals surface area contributed by atoms with Crippen molar-refractivity contribution < 1.29 is 4.79 Å². The minimum absolute atomic E-state index is 0.169. The average molecular weight is 467 g/mol. The first kappa shape index (κ1) is 22.4. The lowest BCUT2D eigenvalue weighted by molar-refractivity contribution is -0.119. The zero-order valence-corrected chi connectivity index (χ0v) is 20.8. The molecule has 0 amide bonds. The van der Waals surface area contributed by atoms with Crippen LogP contribution in [0.5, 0.6) is 0 Å². The number of nitrogens with two attached hydrogens (primary N) is 1. The summed E-state index contributed by atoms with van der Waals surface area (Å²) in [6, 6.07) is 8.44. The first-order valence-electron chi connectivity index (χ1n) is 12.8. The third-order valence-corrected chi connectivity index (χ3v) is 9.40. The van der Waals surface area contributed by atoms with Crippen LogP contribution in [0.3, 0.4) is 0 Å². The maximum absolute atomic E-state index is 13.7. The van der Waals surface area contributed by atoms with E-state index in [1.165, 1.54) is 5.57 Å². The molecule has 0 spiro atoms. The van der Waals surface area contributed by atoms with Gasteiger partial charge in [0.2, 0.25) is 0 Å². The number of benzene rings is 1. The Hall–Kier alpha value is -3.05. The summed E-state index contributed by atoms with van der Waals surface area (Å²) in [6.07, 6.45) is 13.0. The van der Waals surface area contributed by atoms with Crippen LogP contribution in [0.25, 0.3) is 10.8 Å². The van der Waals surface area contributed by atoms with Gasteiger partial charge in [-0.3, -0.25) is 14.8 Å². The van der Waals surface area contributed by atoms with Gasteiger partial charge in [0.1, 0.15) is 5.78 Å². The van der Waals surface area contributed by atoms with Gasteiger partial charge in [-0.25, -0.2) is 0 Å². The molecule has 180 valence electrons. The molecule has 3 aliphatic carbocycles. The number of allylic oxidation sites excluding steroid dienone is 5. The van der Waals surface area contributed by atoms with E-state index < -0.39 is 0 Å². The van der Waals surface area contributed by atoms with Crippen LogP contribution in [-0.4, -0.2) is 36.6 Å². The van der Waals surface area contributed by atoms with Crippen LogP contribution in [0, 0.1) is 22.7 Å². The molecule has 6 rings (SSSR count). The van der Waals surface area contributed by atoms with E-state index in [1.807, 2.05) is 25.5 Å². The lowest BCUT2D eigenvalue weighted by Gasteiger charge is -2.49. The van der Waals surface area contributed by atoms with Crippen molar-refractivity contribution in [2.75, 3.05) is 20.1 Å². The normalized spacial score (nSPS) is 34.1. The molecular weight excluding hydrogens is 432 g/mol. The zero-order valence-electron chi connectivity index (χ0n) is 20.8. The van der Waals surface area contributed by atoms with Crippen molar-refractivity contribution in [3.63, 3.8) is 0 Å². The fourth-order valence-electron chi connectivity index (χ4n) is 7.32. The summed E-state index contributed by atoms with van der Waals surface area (Å²) >= 11 is 0. The van der Waals surface area contributed by atoms with Gasteiger partial charge in [-0.05, 0) is 72.5 Å². The molecule has 1 fully saturated rings. The number of hydrogen-bond acceptors (Lipinski definition) is 5. The molecule has 0 radical (unpaired) electrons. The average Bonchev–Trinajstić information content (AvgIpc) is 2.94. The van der Waals surface area contributed by atoms with E-state index in [4.69, 9.17) is 10.7 Å². The largest absolute Gasteiger partial charge is 0.401 e. The van der Waals surface area contributed by atoms with Gasteiger partial charge in [0.05, 0.1) is 5.92 Å². The summed E-state index contributed by atoms with van der Waals surface area (Å²) in [6.45, 7) is 6.25. The lowest BCUT2D eigenvalue weighted by atomic mass is 9.53. The molecule has 5 nitrogen and oxygen atoms in total. The topological polar surface area (TPSA) is 80.4 Å². The summed E-state index contributed by atoms with van der Waals surface area (Å²) < 4.78 is 0. The second-order valence-electron chi connectivity index (χ2n) is 11.3. The quantitative estimate of drug-likeness (QED) is 0.686. The SMILES string of the molecule is CNCC1CC2=NC[C@H]3C(=CC2=C(N)C1)C=C[C@]1(C)[C@@H](c2ccc4ccncc4c2)C(=O)C[C@@]31C. The monoisotopic (exact) mass is 466 g/mol. The highest BCUT2D eigenvalue weighted by atomic mass is 16.1. The van der Waals surface area contributed by atoms with E-state index in [0.29, 0.717) is 24.7 Å². The fourth-order valence-corrected chi connectivity index (χ4v) is 7.32. The Morgan fingerprint density at radius 3 is 2.86 bits per heavy atom. The van der Waals surface area contributed by atoms with Gasteiger partial charge >= 0.3 is 0 Å². The number of aromatic nitrogens is 1. The highest BCUT2D eigenvalue weighted by molar-refractivity contribution is 6.04. The Morgan fingerprint density at radius 2 is 2.03 bits per heavy atom. The molecule has 1 saturated carbocycles. The lowest BCUT2D eigenvalue weighted by Crippen LogP contribution is -2.44. The Kier molecular flexibility index (Phi) is 5.12. The number of hydrogen-bond donors (Lipinski definition) is 2. The summed E-state index contributed by atoms with van der Waals surface area (Å²) in [7, 11) is 1.99. The van der Waals surface area contributed by atoms with Gasteiger partial charge in [-0.15, -0.1) is 0 Å². The smallest absolute Gasteiger partial charge is 0.141 e. The van der Waals surface area contributed by atoms with Crippen molar-refractivity contribution >= 4 is 22.3 Å². The van der Waals surface area contributed by atoms with Gasteiger partial charge in [-0.2, -0.15) is 0 Å². The molecule has 2 heterocycles. The Bertz CT molecular complexity index is 1350. The second kappa shape index (κ2) is 7.99. The highest BCUT2D eigenvalue weighted by Gasteiger charge is 2.62. The molecule has 1 aromatic heterocycles. The van der Waals surface area contributed by atoms with E-state index in [-0.39, 0.29) is 22.7 Å². The molecule has 5 heteroatoms. The van der Waals surface area contributed by atoms with Crippen LogP contribution in [-0.2, 0) is 4.79 Å². The summed E-state index contributed by atoms with van der Waals surface area (Å²) in [5, 5.41) is 5.53. The third kappa shape index (κ3) is 3.28. The van der Waals surface area contributed by atoms with Crippen molar-refractivity contribution in [1.82, 2.24) is 10.3 Å². The minimum Gasteiger partial charge on any atom is -0.401 e.